The lowest BCUT2D eigenvalue weighted by Gasteiger charge is -2.11. The third-order valence-electron chi connectivity index (χ3n) is 3.33. The van der Waals surface area contributed by atoms with E-state index < -0.39 is 5.97 Å². The Kier molecular flexibility index (Phi) is 4.94. The molecule has 22 heavy (non-hydrogen) atoms. The number of benzene rings is 2. The topological polar surface area (TPSA) is 35.5 Å². The molecule has 0 heterocycles. The molecule has 0 radical (unpaired) electrons. The van der Waals surface area contributed by atoms with Crippen LogP contribution in [0.2, 0.25) is 0 Å². The number of halogens is 1. The van der Waals surface area contributed by atoms with Crippen molar-refractivity contribution in [2.45, 2.75) is 6.92 Å². The van der Waals surface area contributed by atoms with Crippen molar-refractivity contribution in [1.82, 2.24) is 0 Å². The van der Waals surface area contributed by atoms with Crippen molar-refractivity contribution in [1.29, 1.82) is 0 Å². The van der Waals surface area contributed by atoms with E-state index in [0.717, 1.165) is 16.7 Å². The summed E-state index contributed by atoms with van der Waals surface area (Å²) in [5, 5.41) is 0. The van der Waals surface area contributed by atoms with Crippen molar-refractivity contribution < 1.29 is 18.7 Å². The molecule has 0 amide bonds. The third-order valence-corrected chi connectivity index (χ3v) is 3.33. The number of ether oxygens (including phenoxy) is 2. The molecule has 0 aliphatic carbocycles. The van der Waals surface area contributed by atoms with E-state index in [4.69, 9.17) is 4.74 Å². The number of hydrogen-bond acceptors (Lipinski definition) is 3. The van der Waals surface area contributed by atoms with Crippen LogP contribution in [0.25, 0.3) is 16.7 Å². The average Bonchev–Trinajstić information content (AvgIpc) is 2.54. The van der Waals surface area contributed by atoms with Gasteiger partial charge < -0.3 is 9.47 Å². The molecule has 3 nitrogen and oxygen atoms in total. The Bertz CT molecular complexity index is 720. The highest BCUT2D eigenvalue weighted by molar-refractivity contribution is 5.91. The predicted molar refractivity (Wildman–Crippen MR) is 84.1 cm³/mol. The number of rotatable bonds is 4. The molecule has 2 rings (SSSR count). The van der Waals surface area contributed by atoms with Gasteiger partial charge in [-0.25, -0.2) is 9.18 Å². The van der Waals surface area contributed by atoms with Crippen molar-refractivity contribution in [3.05, 3.63) is 59.9 Å². The van der Waals surface area contributed by atoms with Crippen molar-refractivity contribution >= 4 is 11.5 Å². The van der Waals surface area contributed by atoms with Crippen LogP contribution in [0, 0.1) is 5.82 Å². The van der Waals surface area contributed by atoms with Crippen LogP contribution in [0.3, 0.4) is 0 Å². The first-order chi connectivity index (χ1) is 10.5. The summed E-state index contributed by atoms with van der Waals surface area (Å²) >= 11 is 0. The lowest BCUT2D eigenvalue weighted by atomic mass is 9.98. The Morgan fingerprint density at radius 3 is 2.55 bits per heavy atom. The molecule has 2 aromatic carbocycles. The lowest BCUT2D eigenvalue weighted by Crippen LogP contribution is -1.96. The Balaban J connectivity index is 2.51. The van der Waals surface area contributed by atoms with Crippen LogP contribution in [-0.4, -0.2) is 20.2 Å². The Labute approximate surface area is 129 Å². The second kappa shape index (κ2) is 6.89. The summed E-state index contributed by atoms with van der Waals surface area (Å²) in [4.78, 5) is 11.3. The van der Waals surface area contributed by atoms with Gasteiger partial charge in [0, 0.05) is 11.6 Å². The molecule has 0 fully saturated rings. The normalized spacial score (nSPS) is 11.2. The highest BCUT2D eigenvalue weighted by atomic mass is 19.1. The molecule has 0 aliphatic rings. The quantitative estimate of drug-likeness (QED) is 0.630. The van der Waals surface area contributed by atoms with Gasteiger partial charge in [-0.05, 0) is 47.9 Å². The van der Waals surface area contributed by atoms with Gasteiger partial charge in [-0.3, -0.25) is 0 Å². The number of esters is 1. The van der Waals surface area contributed by atoms with Crippen LogP contribution >= 0.6 is 0 Å². The molecule has 0 atom stereocenters. The summed E-state index contributed by atoms with van der Waals surface area (Å²) in [5.74, 6) is -0.0902. The lowest BCUT2D eigenvalue weighted by molar-refractivity contribution is -0.134. The number of allylic oxidation sites excluding steroid dienone is 1. The summed E-state index contributed by atoms with van der Waals surface area (Å²) in [7, 11) is 2.90. The van der Waals surface area contributed by atoms with Crippen molar-refractivity contribution in [2.75, 3.05) is 14.2 Å². The standard InChI is InChI=1S/C18H17FO3/c1-12(9-18(20)22-3)13-7-8-17(21-2)16(11-13)14-5-4-6-15(19)10-14/h4-11H,1-3H3/b12-9+. The molecule has 0 aliphatic heterocycles. The van der Waals surface area contributed by atoms with Gasteiger partial charge in [-0.2, -0.15) is 0 Å². The van der Waals surface area contributed by atoms with E-state index in [1.165, 1.54) is 25.3 Å². The molecule has 0 saturated heterocycles. The third kappa shape index (κ3) is 3.52. The predicted octanol–water partition coefficient (Wildman–Crippen LogP) is 4.08. The van der Waals surface area contributed by atoms with E-state index in [1.54, 1.807) is 19.2 Å². The van der Waals surface area contributed by atoms with Crippen molar-refractivity contribution in [3.8, 4) is 16.9 Å². The van der Waals surface area contributed by atoms with Gasteiger partial charge >= 0.3 is 5.97 Å². The summed E-state index contributed by atoms with van der Waals surface area (Å²) in [6.07, 6.45) is 1.41. The van der Waals surface area contributed by atoms with E-state index >= 15 is 0 Å². The molecule has 0 N–H and O–H groups in total. The molecule has 0 unspecified atom stereocenters. The van der Waals surface area contributed by atoms with Gasteiger partial charge in [0.15, 0.2) is 0 Å². The maximum absolute atomic E-state index is 13.5. The van der Waals surface area contributed by atoms with Crippen LogP contribution in [0.1, 0.15) is 12.5 Å². The van der Waals surface area contributed by atoms with Gasteiger partial charge in [0.1, 0.15) is 11.6 Å². The smallest absolute Gasteiger partial charge is 0.330 e. The van der Waals surface area contributed by atoms with Gasteiger partial charge in [0.2, 0.25) is 0 Å². The van der Waals surface area contributed by atoms with Crippen LogP contribution in [0.5, 0.6) is 5.75 Å². The Hall–Kier alpha value is -2.62. The molecule has 0 spiro atoms. The molecule has 2 aromatic rings. The zero-order chi connectivity index (χ0) is 16.1. The minimum Gasteiger partial charge on any atom is -0.496 e. The van der Waals surface area contributed by atoms with Crippen LogP contribution in [0.4, 0.5) is 4.39 Å². The number of carbonyl (C=O) groups is 1. The summed E-state index contributed by atoms with van der Waals surface area (Å²) in [6, 6.07) is 11.8. The van der Waals surface area contributed by atoms with Crippen LogP contribution in [0.15, 0.2) is 48.5 Å². The van der Waals surface area contributed by atoms with E-state index in [2.05, 4.69) is 4.74 Å². The van der Waals surface area contributed by atoms with Crippen LogP contribution in [-0.2, 0) is 9.53 Å². The van der Waals surface area contributed by atoms with Crippen molar-refractivity contribution in [3.63, 3.8) is 0 Å². The van der Waals surface area contributed by atoms with Gasteiger partial charge in [-0.15, -0.1) is 0 Å². The first-order valence-corrected chi connectivity index (χ1v) is 6.75. The fraction of sp³-hybridized carbons (Fsp3) is 0.167. The summed E-state index contributed by atoms with van der Waals surface area (Å²) in [6.45, 7) is 1.81. The van der Waals surface area contributed by atoms with E-state index in [1.807, 2.05) is 25.1 Å². The highest BCUT2D eigenvalue weighted by Crippen LogP contribution is 2.33. The van der Waals surface area contributed by atoms with Crippen LogP contribution < -0.4 is 4.74 Å². The van der Waals surface area contributed by atoms with Gasteiger partial charge in [0.25, 0.3) is 0 Å². The number of methoxy groups -OCH3 is 2. The first-order valence-electron chi connectivity index (χ1n) is 6.75. The van der Waals surface area contributed by atoms with E-state index in [0.29, 0.717) is 11.3 Å². The average molecular weight is 300 g/mol. The maximum atomic E-state index is 13.5. The van der Waals surface area contributed by atoms with E-state index in [9.17, 15) is 9.18 Å². The van der Waals surface area contributed by atoms with Crippen molar-refractivity contribution in [2.24, 2.45) is 0 Å². The highest BCUT2D eigenvalue weighted by Gasteiger charge is 2.09. The van der Waals surface area contributed by atoms with E-state index in [-0.39, 0.29) is 5.82 Å². The fourth-order valence-electron chi connectivity index (χ4n) is 2.15. The Morgan fingerprint density at radius 2 is 1.91 bits per heavy atom. The molecule has 0 bridgehead atoms. The molecule has 0 saturated carbocycles. The second-order valence-electron chi connectivity index (χ2n) is 4.78. The minimum absolute atomic E-state index is 0.313. The summed E-state index contributed by atoms with van der Waals surface area (Å²) < 4.78 is 23.4. The SMILES string of the molecule is COC(=O)/C=C(\C)c1ccc(OC)c(-c2cccc(F)c2)c1. The minimum atomic E-state index is -0.416. The first kappa shape index (κ1) is 15.8. The second-order valence-corrected chi connectivity index (χ2v) is 4.78. The number of carbonyl (C=O) groups excluding carboxylic acids is 1. The van der Waals surface area contributed by atoms with Gasteiger partial charge in [-0.1, -0.05) is 18.2 Å². The largest absolute Gasteiger partial charge is 0.496 e. The molecular formula is C18H17FO3. The molecular weight excluding hydrogens is 283 g/mol. The fourth-order valence-corrected chi connectivity index (χ4v) is 2.15. The molecule has 0 aromatic heterocycles. The monoisotopic (exact) mass is 300 g/mol. The summed E-state index contributed by atoms with van der Waals surface area (Å²) in [5.41, 5.74) is 3.07. The maximum Gasteiger partial charge on any atom is 0.330 e. The molecule has 4 heteroatoms. The molecule has 114 valence electrons. The number of hydrogen-bond donors (Lipinski definition) is 0. The zero-order valence-corrected chi connectivity index (χ0v) is 12.7. The van der Waals surface area contributed by atoms with Gasteiger partial charge in [0.05, 0.1) is 14.2 Å². The Morgan fingerprint density at radius 1 is 1.14 bits per heavy atom. The zero-order valence-electron chi connectivity index (χ0n) is 12.7.